The minimum absolute atomic E-state index is 0.0940. The van der Waals surface area contributed by atoms with E-state index in [4.69, 9.17) is 9.26 Å². The van der Waals surface area contributed by atoms with Gasteiger partial charge >= 0.3 is 6.01 Å². The van der Waals surface area contributed by atoms with Crippen LogP contribution in [0.3, 0.4) is 0 Å². The quantitative estimate of drug-likeness (QED) is 0.807. The van der Waals surface area contributed by atoms with Crippen LogP contribution in [0.25, 0.3) is 0 Å². The van der Waals surface area contributed by atoms with Gasteiger partial charge in [-0.05, 0) is 18.8 Å². The molecule has 1 heterocycles. The minimum atomic E-state index is -0.0940. The van der Waals surface area contributed by atoms with E-state index < -0.39 is 0 Å². The molecular formula is C10H17N3O2. The van der Waals surface area contributed by atoms with E-state index >= 15 is 0 Å². The van der Waals surface area contributed by atoms with Crippen molar-refractivity contribution in [1.29, 1.82) is 0 Å². The summed E-state index contributed by atoms with van der Waals surface area (Å²) < 4.78 is 10.4. The molecule has 5 nitrogen and oxygen atoms in total. The molecule has 1 aromatic rings. The van der Waals surface area contributed by atoms with E-state index in [2.05, 4.69) is 29.3 Å². The SMILES string of the molecule is COC(c1noc(NC2CC2)n1)C(C)C. The molecule has 0 spiro atoms. The summed E-state index contributed by atoms with van der Waals surface area (Å²) in [5, 5.41) is 7.07. The van der Waals surface area contributed by atoms with Gasteiger partial charge in [0.2, 0.25) is 5.82 Å². The summed E-state index contributed by atoms with van der Waals surface area (Å²) >= 11 is 0. The van der Waals surface area contributed by atoms with E-state index in [-0.39, 0.29) is 6.10 Å². The van der Waals surface area contributed by atoms with Crippen LogP contribution in [-0.2, 0) is 4.74 Å². The van der Waals surface area contributed by atoms with Crippen molar-refractivity contribution in [2.45, 2.75) is 38.8 Å². The maximum atomic E-state index is 5.32. The van der Waals surface area contributed by atoms with Gasteiger partial charge in [0.1, 0.15) is 6.10 Å². The third-order valence-corrected chi connectivity index (χ3v) is 2.46. The van der Waals surface area contributed by atoms with Crippen molar-refractivity contribution in [3.05, 3.63) is 5.82 Å². The van der Waals surface area contributed by atoms with E-state index in [1.807, 2.05) is 0 Å². The lowest BCUT2D eigenvalue weighted by atomic mass is 10.1. The highest BCUT2D eigenvalue weighted by Crippen LogP contribution is 2.26. The maximum Gasteiger partial charge on any atom is 0.321 e. The number of aromatic nitrogens is 2. The molecule has 84 valence electrons. The molecule has 1 aromatic heterocycles. The smallest absolute Gasteiger partial charge is 0.321 e. The van der Waals surface area contributed by atoms with E-state index in [9.17, 15) is 0 Å². The Morgan fingerprint density at radius 2 is 2.20 bits per heavy atom. The van der Waals surface area contributed by atoms with Gasteiger partial charge in [-0.1, -0.05) is 19.0 Å². The molecule has 0 saturated heterocycles. The molecule has 2 rings (SSSR count). The van der Waals surface area contributed by atoms with Crippen LogP contribution in [0.15, 0.2) is 4.52 Å². The highest BCUT2D eigenvalue weighted by Gasteiger charge is 2.25. The topological polar surface area (TPSA) is 60.2 Å². The number of methoxy groups -OCH3 is 1. The number of rotatable bonds is 5. The Kier molecular flexibility index (Phi) is 2.90. The molecule has 0 aliphatic heterocycles. The second-order valence-electron chi connectivity index (χ2n) is 4.28. The first-order valence-electron chi connectivity index (χ1n) is 5.33. The summed E-state index contributed by atoms with van der Waals surface area (Å²) in [6.07, 6.45) is 2.29. The summed E-state index contributed by atoms with van der Waals surface area (Å²) in [5.41, 5.74) is 0. The third-order valence-electron chi connectivity index (χ3n) is 2.46. The first-order valence-corrected chi connectivity index (χ1v) is 5.33. The monoisotopic (exact) mass is 211 g/mol. The second kappa shape index (κ2) is 4.18. The third kappa shape index (κ3) is 2.47. The van der Waals surface area contributed by atoms with Crippen molar-refractivity contribution in [3.63, 3.8) is 0 Å². The summed E-state index contributed by atoms with van der Waals surface area (Å²) in [6, 6.07) is 1.04. The molecule has 15 heavy (non-hydrogen) atoms. The Balaban J connectivity index is 2.03. The van der Waals surface area contributed by atoms with Crippen LogP contribution in [0.4, 0.5) is 6.01 Å². The average molecular weight is 211 g/mol. The van der Waals surface area contributed by atoms with Gasteiger partial charge < -0.3 is 14.6 Å². The molecule has 1 N–H and O–H groups in total. The first-order chi connectivity index (χ1) is 7.20. The van der Waals surface area contributed by atoms with Gasteiger partial charge in [0, 0.05) is 13.2 Å². The van der Waals surface area contributed by atoms with Crippen molar-refractivity contribution in [2.24, 2.45) is 5.92 Å². The van der Waals surface area contributed by atoms with Crippen LogP contribution in [0.1, 0.15) is 38.6 Å². The average Bonchev–Trinajstić information content (AvgIpc) is 2.86. The maximum absolute atomic E-state index is 5.32. The van der Waals surface area contributed by atoms with E-state index in [0.717, 1.165) is 0 Å². The number of ether oxygens (including phenoxy) is 1. The van der Waals surface area contributed by atoms with Crippen LogP contribution in [0.5, 0.6) is 0 Å². The molecule has 1 saturated carbocycles. The van der Waals surface area contributed by atoms with Crippen molar-refractivity contribution in [3.8, 4) is 0 Å². The zero-order valence-corrected chi connectivity index (χ0v) is 9.36. The summed E-state index contributed by atoms with van der Waals surface area (Å²) in [7, 11) is 1.66. The lowest BCUT2D eigenvalue weighted by Crippen LogP contribution is -2.11. The van der Waals surface area contributed by atoms with Gasteiger partial charge in [0.05, 0.1) is 0 Å². The fourth-order valence-corrected chi connectivity index (χ4v) is 1.49. The molecule has 0 bridgehead atoms. The van der Waals surface area contributed by atoms with Crippen LogP contribution < -0.4 is 5.32 Å². The Bertz CT molecular complexity index is 320. The van der Waals surface area contributed by atoms with Crippen molar-refractivity contribution < 1.29 is 9.26 Å². The molecular weight excluding hydrogens is 194 g/mol. The highest BCUT2D eigenvalue weighted by molar-refractivity contribution is 5.23. The predicted octanol–water partition coefficient (Wildman–Crippen LogP) is 1.99. The number of hydrogen-bond donors (Lipinski definition) is 1. The zero-order valence-electron chi connectivity index (χ0n) is 9.36. The van der Waals surface area contributed by atoms with Gasteiger partial charge in [-0.25, -0.2) is 0 Å². The number of nitrogens with one attached hydrogen (secondary N) is 1. The fourth-order valence-electron chi connectivity index (χ4n) is 1.49. The first kappa shape index (κ1) is 10.4. The molecule has 0 amide bonds. The molecule has 5 heteroatoms. The standard InChI is InChI=1S/C10H17N3O2/c1-6(2)8(14-3)9-12-10(15-13-9)11-7-4-5-7/h6-8H,4-5H2,1-3H3,(H,11,12,13). The van der Waals surface area contributed by atoms with E-state index in [1.165, 1.54) is 12.8 Å². The molecule has 0 aromatic carbocycles. The van der Waals surface area contributed by atoms with Crippen LogP contribution in [0.2, 0.25) is 0 Å². The van der Waals surface area contributed by atoms with Gasteiger partial charge in [-0.2, -0.15) is 4.98 Å². The Morgan fingerprint density at radius 1 is 1.47 bits per heavy atom. The van der Waals surface area contributed by atoms with Crippen LogP contribution in [-0.4, -0.2) is 23.3 Å². The van der Waals surface area contributed by atoms with Crippen molar-refractivity contribution >= 4 is 6.01 Å². The number of anilines is 1. The van der Waals surface area contributed by atoms with Gasteiger partial charge in [-0.15, -0.1) is 0 Å². The highest BCUT2D eigenvalue weighted by atomic mass is 16.5. The minimum Gasteiger partial charge on any atom is -0.373 e. The number of nitrogens with zero attached hydrogens (tertiary/aromatic N) is 2. The van der Waals surface area contributed by atoms with Gasteiger partial charge in [0.25, 0.3) is 0 Å². The molecule has 1 unspecified atom stereocenters. The Labute approximate surface area is 89.2 Å². The molecule has 1 atom stereocenters. The van der Waals surface area contributed by atoms with Crippen LogP contribution >= 0.6 is 0 Å². The van der Waals surface area contributed by atoms with Gasteiger partial charge in [-0.3, -0.25) is 0 Å². The van der Waals surface area contributed by atoms with Gasteiger partial charge in [0.15, 0.2) is 0 Å². The summed E-state index contributed by atoms with van der Waals surface area (Å²) in [4.78, 5) is 4.27. The number of hydrogen-bond acceptors (Lipinski definition) is 5. The lowest BCUT2D eigenvalue weighted by molar-refractivity contribution is 0.0556. The van der Waals surface area contributed by atoms with E-state index in [0.29, 0.717) is 23.8 Å². The van der Waals surface area contributed by atoms with E-state index in [1.54, 1.807) is 7.11 Å². The summed E-state index contributed by atoms with van der Waals surface area (Å²) in [5.74, 6) is 0.956. The van der Waals surface area contributed by atoms with Crippen LogP contribution in [0, 0.1) is 5.92 Å². The Hall–Kier alpha value is -1.10. The second-order valence-corrected chi connectivity index (χ2v) is 4.28. The largest absolute Gasteiger partial charge is 0.373 e. The Morgan fingerprint density at radius 3 is 2.73 bits per heavy atom. The normalized spacial score (nSPS) is 18.1. The lowest BCUT2D eigenvalue weighted by Gasteiger charge is -2.14. The molecule has 1 aliphatic carbocycles. The molecule has 1 aliphatic rings. The fraction of sp³-hybridized carbons (Fsp3) is 0.800. The van der Waals surface area contributed by atoms with Crippen molar-refractivity contribution in [1.82, 2.24) is 10.1 Å². The predicted molar refractivity (Wildman–Crippen MR) is 55.5 cm³/mol. The molecule has 0 radical (unpaired) electrons. The molecule has 1 fully saturated rings. The zero-order chi connectivity index (χ0) is 10.8. The van der Waals surface area contributed by atoms with Crippen molar-refractivity contribution in [2.75, 3.05) is 12.4 Å². The summed E-state index contributed by atoms with van der Waals surface area (Å²) in [6.45, 7) is 4.14.